The number of nitrogens with one attached hydrogen (secondary N) is 1. The highest BCUT2D eigenvalue weighted by molar-refractivity contribution is 5.79. The number of fused-ring (bicyclic) bond motifs is 3. The maximum atomic E-state index is 12.0. The van der Waals surface area contributed by atoms with E-state index in [1.54, 1.807) is 6.92 Å². The Morgan fingerprint density at radius 3 is 2.16 bits per heavy atom. The van der Waals surface area contributed by atoms with Crippen LogP contribution in [0.3, 0.4) is 0 Å². The van der Waals surface area contributed by atoms with Crippen LogP contribution in [0, 0.1) is 0 Å². The van der Waals surface area contributed by atoms with Crippen LogP contribution in [0.5, 0.6) is 0 Å². The van der Waals surface area contributed by atoms with E-state index in [1.807, 2.05) is 36.4 Å². The van der Waals surface area contributed by atoms with Gasteiger partial charge in [-0.05, 0) is 28.7 Å². The van der Waals surface area contributed by atoms with Gasteiger partial charge in [0.25, 0.3) is 0 Å². The molecule has 0 unspecified atom stereocenters. The summed E-state index contributed by atoms with van der Waals surface area (Å²) in [6.45, 7) is 2.01. The number of hydrogen-bond donors (Lipinski definition) is 1. The molecular weight excluding hydrogens is 318 g/mol. The number of benzene rings is 2. The van der Waals surface area contributed by atoms with Crippen molar-refractivity contribution in [2.75, 3.05) is 6.61 Å². The minimum atomic E-state index is -1.19. The summed E-state index contributed by atoms with van der Waals surface area (Å²) < 4.78 is 5.39. The molecule has 0 saturated heterocycles. The molecule has 3 rings (SSSR count). The van der Waals surface area contributed by atoms with E-state index in [9.17, 15) is 14.7 Å². The van der Waals surface area contributed by atoms with E-state index in [-0.39, 0.29) is 18.9 Å². The zero-order valence-electron chi connectivity index (χ0n) is 14.0. The van der Waals surface area contributed by atoms with Gasteiger partial charge in [0.05, 0.1) is 0 Å². The lowest BCUT2D eigenvalue weighted by Crippen LogP contribution is -2.39. The van der Waals surface area contributed by atoms with Crippen LogP contribution < -0.4 is 10.4 Å². The average molecular weight is 338 g/mol. The molecular formula is C20H20NO4-. The van der Waals surface area contributed by atoms with Crippen LogP contribution in [0.2, 0.25) is 0 Å². The lowest BCUT2D eigenvalue weighted by atomic mass is 9.98. The molecule has 1 amide bonds. The summed E-state index contributed by atoms with van der Waals surface area (Å²) in [5.74, 6) is -1.20. The normalized spacial score (nSPS) is 13.6. The van der Waals surface area contributed by atoms with Crippen molar-refractivity contribution in [2.24, 2.45) is 0 Å². The number of hydrogen-bond acceptors (Lipinski definition) is 4. The lowest BCUT2D eigenvalue weighted by molar-refractivity contribution is -0.306. The Hall–Kier alpha value is -2.82. The Bertz CT molecular complexity index is 741. The first kappa shape index (κ1) is 17.0. The quantitative estimate of drug-likeness (QED) is 0.877. The minimum absolute atomic E-state index is 0.0145. The number of carboxylic acids is 1. The molecule has 1 aliphatic carbocycles. The van der Waals surface area contributed by atoms with Crippen molar-refractivity contribution in [3.05, 3.63) is 59.7 Å². The molecule has 5 heteroatoms. The van der Waals surface area contributed by atoms with Gasteiger partial charge in [0.15, 0.2) is 0 Å². The van der Waals surface area contributed by atoms with Crippen LogP contribution in [0.15, 0.2) is 48.5 Å². The van der Waals surface area contributed by atoms with Gasteiger partial charge >= 0.3 is 6.09 Å². The van der Waals surface area contributed by atoms with Gasteiger partial charge in [-0.25, -0.2) is 4.79 Å². The summed E-state index contributed by atoms with van der Waals surface area (Å²) in [6.07, 6.45) is -0.325. The summed E-state index contributed by atoms with van der Waals surface area (Å²) in [5.41, 5.74) is 4.60. The van der Waals surface area contributed by atoms with Crippen LogP contribution in [0.4, 0.5) is 4.79 Å². The van der Waals surface area contributed by atoms with Crippen LogP contribution in [0.1, 0.15) is 36.8 Å². The van der Waals surface area contributed by atoms with Crippen molar-refractivity contribution >= 4 is 12.1 Å². The Morgan fingerprint density at radius 1 is 1.08 bits per heavy atom. The third kappa shape index (κ3) is 3.65. The van der Waals surface area contributed by atoms with Crippen LogP contribution >= 0.6 is 0 Å². The molecule has 0 aliphatic heterocycles. The second kappa shape index (κ2) is 7.38. The second-order valence-corrected chi connectivity index (χ2v) is 6.15. The van der Waals surface area contributed by atoms with E-state index < -0.39 is 18.1 Å². The van der Waals surface area contributed by atoms with Crippen molar-refractivity contribution in [2.45, 2.75) is 31.7 Å². The largest absolute Gasteiger partial charge is 0.550 e. The fraction of sp³-hybridized carbons (Fsp3) is 0.300. The molecule has 0 bridgehead atoms. The summed E-state index contributed by atoms with van der Waals surface area (Å²) >= 11 is 0. The van der Waals surface area contributed by atoms with Gasteiger partial charge in [-0.2, -0.15) is 0 Å². The summed E-state index contributed by atoms with van der Waals surface area (Å²) in [4.78, 5) is 22.7. The number of carbonyl (C=O) groups excluding carboxylic acids is 2. The predicted octanol–water partition coefficient (Wildman–Crippen LogP) is 2.44. The third-order valence-electron chi connectivity index (χ3n) is 4.57. The van der Waals surface area contributed by atoms with Crippen molar-refractivity contribution in [1.82, 2.24) is 5.32 Å². The molecule has 130 valence electrons. The monoisotopic (exact) mass is 338 g/mol. The summed E-state index contributed by atoms with van der Waals surface area (Å²) in [7, 11) is 0. The minimum Gasteiger partial charge on any atom is -0.550 e. The predicted molar refractivity (Wildman–Crippen MR) is 91.9 cm³/mol. The maximum Gasteiger partial charge on any atom is 0.407 e. The zero-order chi connectivity index (χ0) is 17.8. The first-order valence-corrected chi connectivity index (χ1v) is 8.41. The van der Waals surface area contributed by atoms with E-state index in [2.05, 4.69) is 17.4 Å². The Balaban J connectivity index is 1.69. The van der Waals surface area contributed by atoms with E-state index in [4.69, 9.17) is 4.74 Å². The van der Waals surface area contributed by atoms with Crippen molar-refractivity contribution in [3.8, 4) is 11.1 Å². The highest BCUT2D eigenvalue weighted by atomic mass is 16.5. The van der Waals surface area contributed by atoms with Crippen molar-refractivity contribution in [1.29, 1.82) is 0 Å². The van der Waals surface area contributed by atoms with Gasteiger partial charge < -0.3 is 20.0 Å². The van der Waals surface area contributed by atoms with E-state index in [0.717, 1.165) is 22.3 Å². The molecule has 25 heavy (non-hydrogen) atoms. The topological polar surface area (TPSA) is 78.5 Å². The van der Waals surface area contributed by atoms with Gasteiger partial charge in [0.2, 0.25) is 0 Å². The number of carboxylic acid groups (broad SMARTS) is 1. The highest BCUT2D eigenvalue weighted by Gasteiger charge is 2.29. The lowest BCUT2D eigenvalue weighted by Gasteiger charge is -2.19. The molecule has 0 aromatic heterocycles. The molecule has 1 atom stereocenters. The highest BCUT2D eigenvalue weighted by Crippen LogP contribution is 2.44. The molecule has 1 aliphatic rings. The number of alkyl carbamates (subject to hydrolysis) is 1. The number of aliphatic carboxylic acids is 1. The molecule has 0 spiro atoms. The Morgan fingerprint density at radius 2 is 1.64 bits per heavy atom. The summed E-state index contributed by atoms with van der Waals surface area (Å²) in [6, 6.07) is 15.7. The molecule has 5 nitrogen and oxygen atoms in total. The van der Waals surface area contributed by atoms with Crippen LogP contribution in [-0.2, 0) is 9.53 Å². The van der Waals surface area contributed by atoms with Gasteiger partial charge in [0, 0.05) is 24.3 Å². The van der Waals surface area contributed by atoms with Crippen molar-refractivity contribution in [3.63, 3.8) is 0 Å². The number of carbonyl (C=O) groups is 2. The van der Waals surface area contributed by atoms with Gasteiger partial charge in [0.1, 0.15) is 6.61 Å². The van der Waals surface area contributed by atoms with E-state index >= 15 is 0 Å². The zero-order valence-corrected chi connectivity index (χ0v) is 14.0. The first-order chi connectivity index (χ1) is 12.1. The molecule has 0 saturated carbocycles. The molecule has 0 fully saturated rings. The third-order valence-corrected chi connectivity index (χ3v) is 4.57. The van der Waals surface area contributed by atoms with E-state index in [0.29, 0.717) is 6.42 Å². The van der Waals surface area contributed by atoms with Gasteiger partial charge in [-0.1, -0.05) is 55.5 Å². The van der Waals surface area contributed by atoms with Gasteiger partial charge in [-0.15, -0.1) is 0 Å². The number of ether oxygens (including phenoxy) is 1. The molecule has 0 radical (unpaired) electrons. The summed E-state index contributed by atoms with van der Waals surface area (Å²) in [5, 5.41) is 13.3. The standard InChI is InChI=1S/C20H21NO4/c1-2-13(11-19(22)23)21-20(24)25-12-18-16-9-5-3-7-14(16)15-8-4-6-10-17(15)18/h3-10,13,18H,2,11-12H2,1H3,(H,21,24)(H,22,23)/p-1/t13-/m0/s1. The Labute approximate surface area is 146 Å². The number of rotatable bonds is 6. The molecule has 0 heterocycles. The van der Waals surface area contributed by atoms with E-state index in [1.165, 1.54) is 0 Å². The smallest absolute Gasteiger partial charge is 0.407 e. The van der Waals surface area contributed by atoms with Crippen LogP contribution in [-0.4, -0.2) is 24.7 Å². The first-order valence-electron chi connectivity index (χ1n) is 8.41. The SMILES string of the molecule is CC[C@@H](CC(=O)[O-])NC(=O)OCC1c2ccccc2-c2ccccc21. The number of amides is 1. The second-order valence-electron chi connectivity index (χ2n) is 6.15. The fourth-order valence-electron chi connectivity index (χ4n) is 3.31. The molecule has 2 aromatic rings. The van der Waals surface area contributed by atoms with Crippen LogP contribution in [0.25, 0.3) is 11.1 Å². The van der Waals surface area contributed by atoms with Gasteiger partial charge in [-0.3, -0.25) is 0 Å². The maximum absolute atomic E-state index is 12.0. The Kier molecular flexibility index (Phi) is 5.03. The van der Waals surface area contributed by atoms with Crippen molar-refractivity contribution < 1.29 is 19.4 Å². The molecule has 2 aromatic carbocycles. The molecule has 1 N–H and O–H groups in total. The fourth-order valence-corrected chi connectivity index (χ4v) is 3.31. The average Bonchev–Trinajstić information content (AvgIpc) is 2.93.